The number of hydrogen-bond acceptors (Lipinski definition) is 7. The largest absolute Gasteiger partial charge is 0.383 e. The number of thioether (sulfide) groups is 1. The van der Waals surface area contributed by atoms with Crippen molar-refractivity contribution in [1.82, 2.24) is 15.3 Å². The predicted molar refractivity (Wildman–Crippen MR) is 119 cm³/mol. The van der Waals surface area contributed by atoms with Gasteiger partial charge >= 0.3 is 0 Å². The van der Waals surface area contributed by atoms with Gasteiger partial charge in [0.15, 0.2) is 5.16 Å². The monoisotopic (exact) mass is 455 g/mol. The van der Waals surface area contributed by atoms with Gasteiger partial charge in [-0.1, -0.05) is 41.0 Å². The van der Waals surface area contributed by atoms with Gasteiger partial charge in [-0.05, 0) is 18.2 Å². The molecule has 2 heterocycles. The van der Waals surface area contributed by atoms with Crippen molar-refractivity contribution in [2.75, 3.05) is 62.0 Å². The molecule has 0 radical (unpaired) electrons. The number of methoxy groups -OCH3 is 1. The molecule has 0 saturated carbocycles. The van der Waals surface area contributed by atoms with Crippen LogP contribution < -0.4 is 15.1 Å². The SMILES string of the molecule is COCCNC(=O)CSc1nc(Cl)cc(N2CCN(c3cccc(Cl)c3)CC2)n1. The topological polar surface area (TPSA) is 70.6 Å². The number of nitrogens with zero attached hydrogens (tertiary/aromatic N) is 4. The molecule has 0 bridgehead atoms. The summed E-state index contributed by atoms with van der Waals surface area (Å²) in [7, 11) is 1.59. The minimum atomic E-state index is -0.0905. The summed E-state index contributed by atoms with van der Waals surface area (Å²) < 4.78 is 4.92. The fourth-order valence-electron chi connectivity index (χ4n) is 2.95. The first-order chi connectivity index (χ1) is 14.0. The quantitative estimate of drug-likeness (QED) is 0.284. The predicted octanol–water partition coefficient (Wildman–Crippen LogP) is 2.96. The van der Waals surface area contributed by atoms with Crippen molar-refractivity contribution in [3.8, 4) is 0 Å². The standard InChI is InChI=1S/C19H23Cl2N5O2S/c1-28-10-5-22-18(27)13-29-19-23-16(21)12-17(24-19)26-8-6-25(7-9-26)15-4-2-3-14(20)11-15/h2-4,11-12H,5-10,13H2,1H3,(H,22,27). The zero-order chi connectivity index (χ0) is 20.6. The molecule has 3 rings (SSSR count). The Labute approximate surface area is 184 Å². The van der Waals surface area contributed by atoms with Gasteiger partial charge in [0.2, 0.25) is 5.91 Å². The van der Waals surface area contributed by atoms with E-state index in [1.165, 1.54) is 11.8 Å². The number of piperazine rings is 1. The lowest BCUT2D eigenvalue weighted by molar-refractivity contribution is -0.118. The third-order valence-corrected chi connectivity index (χ3v) is 5.67. The maximum atomic E-state index is 11.9. The smallest absolute Gasteiger partial charge is 0.230 e. The fraction of sp³-hybridized carbons (Fsp3) is 0.421. The summed E-state index contributed by atoms with van der Waals surface area (Å²) in [4.78, 5) is 25.1. The Morgan fingerprint density at radius 3 is 2.66 bits per heavy atom. The van der Waals surface area contributed by atoms with Crippen LogP contribution in [0.2, 0.25) is 10.2 Å². The second kappa shape index (κ2) is 10.9. The summed E-state index contributed by atoms with van der Waals surface area (Å²) in [6.07, 6.45) is 0. The van der Waals surface area contributed by atoms with Crippen LogP contribution in [0.3, 0.4) is 0 Å². The van der Waals surface area contributed by atoms with E-state index in [-0.39, 0.29) is 11.7 Å². The van der Waals surface area contributed by atoms with Crippen molar-refractivity contribution in [1.29, 1.82) is 0 Å². The Hall–Kier alpha value is -1.74. The second-order valence-corrected chi connectivity index (χ2v) is 8.18. The molecule has 1 N–H and O–H groups in total. The van der Waals surface area contributed by atoms with Gasteiger partial charge in [-0.25, -0.2) is 9.97 Å². The molecule has 0 atom stereocenters. The van der Waals surface area contributed by atoms with Crippen molar-refractivity contribution in [2.45, 2.75) is 5.16 Å². The molecule has 1 amide bonds. The van der Waals surface area contributed by atoms with E-state index in [2.05, 4.69) is 31.2 Å². The Kier molecular flexibility index (Phi) is 8.23. The molecule has 0 spiro atoms. The van der Waals surface area contributed by atoms with Crippen LogP contribution in [-0.4, -0.2) is 68.1 Å². The number of carbonyl (C=O) groups excluding carboxylic acids is 1. The molecule has 1 aliphatic rings. The minimum absolute atomic E-state index is 0.0905. The summed E-state index contributed by atoms with van der Waals surface area (Å²) in [5.41, 5.74) is 1.12. The minimum Gasteiger partial charge on any atom is -0.383 e. The van der Waals surface area contributed by atoms with Gasteiger partial charge in [-0.2, -0.15) is 0 Å². The second-order valence-electron chi connectivity index (χ2n) is 6.42. The van der Waals surface area contributed by atoms with E-state index >= 15 is 0 Å². The van der Waals surface area contributed by atoms with Crippen molar-refractivity contribution >= 4 is 52.4 Å². The molecular weight excluding hydrogens is 433 g/mol. The van der Waals surface area contributed by atoms with Crippen LogP contribution in [0.15, 0.2) is 35.5 Å². The summed E-state index contributed by atoms with van der Waals surface area (Å²) in [5.74, 6) is 0.914. The van der Waals surface area contributed by atoms with Crippen molar-refractivity contribution in [3.05, 3.63) is 40.5 Å². The maximum absolute atomic E-state index is 11.9. The van der Waals surface area contributed by atoms with Crippen LogP contribution in [-0.2, 0) is 9.53 Å². The van der Waals surface area contributed by atoms with Gasteiger partial charge in [0.25, 0.3) is 0 Å². The molecule has 1 aliphatic heterocycles. The molecule has 0 aliphatic carbocycles. The number of amides is 1. The zero-order valence-corrected chi connectivity index (χ0v) is 18.4. The average Bonchev–Trinajstić information content (AvgIpc) is 2.72. The Balaban J connectivity index is 1.56. The highest BCUT2D eigenvalue weighted by molar-refractivity contribution is 7.99. The third-order valence-electron chi connectivity index (χ3n) is 4.40. The number of aromatic nitrogens is 2. The summed E-state index contributed by atoms with van der Waals surface area (Å²) in [6.45, 7) is 4.28. The van der Waals surface area contributed by atoms with E-state index in [4.69, 9.17) is 27.9 Å². The molecule has 7 nitrogen and oxygen atoms in total. The number of benzene rings is 1. The first kappa shape index (κ1) is 22.0. The van der Waals surface area contributed by atoms with Gasteiger partial charge in [0.1, 0.15) is 11.0 Å². The van der Waals surface area contributed by atoms with Gasteiger partial charge in [-0.15, -0.1) is 0 Å². The van der Waals surface area contributed by atoms with Gasteiger partial charge < -0.3 is 19.9 Å². The highest BCUT2D eigenvalue weighted by Gasteiger charge is 2.20. The van der Waals surface area contributed by atoms with Crippen LogP contribution >= 0.6 is 35.0 Å². The lowest BCUT2D eigenvalue weighted by atomic mass is 10.2. The summed E-state index contributed by atoms with van der Waals surface area (Å²) in [5, 5.41) is 4.37. The van der Waals surface area contributed by atoms with Gasteiger partial charge in [-0.3, -0.25) is 4.79 Å². The lowest BCUT2D eigenvalue weighted by Crippen LogP contribution is -2.46. The molecule has 1 fully saturated rings. The van der Waals surface area contributed by atoms with E-state index in [9.17, 15) is 4.79 Å². The van der Waals surface area contributed by atoms with Crippen LogP contribution in [0, 0.1) is 0 Å². The first-order valence-corrected chi connectivity index (χ1v) is 11.0. The van der Waals surface area contributed by atoms with E-state index in [0.29, 0.717) is 23.5 Å². The normalized spacial score (nSPS) is 14.2. The number of nitrogens with one attached hydrogen (secondary N) is 1. The molecule has 1 aromatic heterocycles. The summed E-state index contributed by atoms with van der Waals surface area (Å²) >= 11 is 13.6. The number of hydrogen-bond donors (Lipinski definition) is 1. The Bertz CT molecular complexity index is 834. The number of rotatable bonds is 8. The molecular formula is C19H23Cl2N5O2S. The molecule has 156 valence electrons. The van der Waals surface area contributed by atoms with E-state index in [1.807, 2.05) is 18.2 Å². The number of carbonyl (C=O) groups is 1. The average molecular weight is 456 g/mol. The van der Waals surface area contributed by atoms with Crippen LogP contribution in [0.1, 0.15) is 0 Å². The van der Waals surface area contributed by atoms with Gasteiger partial charge in [0, 0.05) is 56.6 Å². The van der Waals surface area contributed by atoms with Crippen molar-refractivity contribution in [3.63, 3.8) is 0 Å². The first-order valence-electron chi connectivity index (χ1n) is 9.23. The Morgan fingerprint density at radius 1 is 1.17 bits per heavy atom. The zero-order valence-electron chi connectivity index (χ0n) is 16.1. The number of anilines is 2. The van der Waals surface area contributed by atoms with E-state index in [1.54, 1.807) is 13.2 Å². The fourth-order valence-corrected chi connectivity index (χ4v) is 4.05. The highest BCUT2D eigenvalue weighted by atomic mass is 35.5. The maximum Gasteiger partial charge on any atom is 0.230 e. The molecule has 10 heteroatoms. The van der Waals surface area contributed by atoms with Crippen LogP contribution in [0.5, 0.6) is 0 Å². The molecule has 29 heavy (non-hydrogen) atoms. The number of ether oxygens (including phenoxy) is 1. The van der Waals surface area contributed by atoms with Crippen molar-refractivity contribution < 1.29 is 9.53 Å². The molecule has 1 aromatic carbocycles. The Morgan fingerprint density at radius 2 is 1.93 bits per heavy atom. The van der Waals surface area contributed by atoms with E-state index in [0.717, 1.165) is 42.7 Å². The molecule has 0 unspecified atom stereocenters. The van der Waals surface area contributed by atoms with E-state index < -0.39 is 0 Å². The van der Waals surface area contributed by atoms with Crippen LogP contribution in [0.25, 0.3) is 0 Å². The van der Waals surface area contributed by atoms with Crippen LogP contribution in [0.4, 0.5) is 11.5 Å². The lowest BCUT2D eigenvalue weighted by Gasteiger charge is -2.36. The highest BCUT2D eigenvalue weighted by Crippen LogP contribution is 2.25. The number of halogens is 2. The molecule has 2 aromatic rings. The van der Waals surface area contributed by atoms with Crippen molar-refractivity contribution in [2.24, 2.45) is 0 Å². The third kappa shape index (κ3) is 6.64. The van der Waals surface area contributed by atoms with Gasteiger partial charge in [0.05, 0.1) is 12.4 Å². The summed E-state index contributed by atoms with van der Waals surface area (Å²) in [6, 6.07) is 9.64. The molecule has 1 saturated heterocycles.